The van der Waals surface area contributed by atoms with E-state index in [1.54, 1.807) is 11.8 Å². The van der Waals surface area contributed by atoms with Crippen molar-refractivity contribution in [2.75, 3.05) is 12.3 Å². The minimum absolute atomic E-state index is 0.765. The predicted molar refractivity (Wildman–Crippen MR) is 65.1 cm³/mol. The number of hydrogen-bond donors (Lipinski definition) is 1. The molecule has 1 saturated carbocycles. The summed E-state index contributed by atoms with van der Waals surface area (Å²) in [5, 5.41) is 4.53. The monoisotopic (exact) mass is 220 g/mol. The standard InChI is InChI=1S/C12H16N2S/c1-10(8-14-11-5-6-11)9-15-12-4-2-3-7-13-12/h2-4,7,11,14H,1,5-6,8-9H2. The third kappa shape index (κ3) is 4.06. The summed E-state index contributed by atoms with van der Waals surface area (Å²) < 4.78 is 0. The molecule has 1 aromatic heterocycles. The van der Waals surface area contributed by atoms with Gasteiger partial charge in [0.2, 0.25) is 0 Å². The second-order valence-electron chi connectivity index (χ2n) is 3.86. The third-order valence-electron chi connectivity index (χ3n) is 2.28. The molecule has 3 heteroatoms. The molecule has 15 heavy (non-hydrogen) atoms. The lowest BCUT2D eigenvalue weighted by Gasteiger charge is -2.05. The topological polar surface area (TPSA) is 24.9 Å². The largest absolute Gasteiger partial charge is 0.310 e. The van der Waals surface area contributed by atoms with Crippen molar-refractivity contribution >= 4 is 11.8 Å². The molecule has 0 unspecified atom stereocenters. The SMILES string of the molecule is C=C(CNC1CC1)CSc1ccccn1. The van der Waals surface area contributed by atoms with Gasteiger partial charge in [-0.05, 0) is 25.0 Å². The van der Waals surface area contributed by atoms with E-state index < -0.39 is 0 Å². The smallest absolute Gasteiger partial charge is 0.0962 e. The molecule has 1 aliphatic rings. The molecule has 0 bridgehead atoms. The maximum absolute atomic E-state index is 4.26. The second kappa shape index (κ2) is 5.33. The molecule has 0 aliphatic heterocycles. The second-order valence-corrected chi connectivity index (χ2v) is 4.86. The zero-order valence-corrected chi connectivity index (χ0v) is 9.59. The molecule has 1 N–H and O–H groups in total. The van der Waals surface area contributed by atoms with Gasteiger partial charge in [0.25, 0.3) is 0 Å². The first-order valence-electron chi connectivity index (χ1n) is 5.28. The molecular formula is C12H16N2S. The van der Waals surface area contributed by atoms with E-state index in [-0.39, 0.29) is 0 Å². The Bertz CT molecular complexity index is 320. The van der Waals surface area contributed by atoms with Crippen LogP contribution in [0.2, 0.25) is 0 Å². The minimum Gasteiger partial charge on any atom is -0.310 e. The highest BCUT2D eigenvalue weighted by Crippen LogP contribution is 2.20. The fraction of sp³-hybridized carbons (Fsp3) is 0.417. The number of hydrogen-bond acceptors (Lipinski definition) is 3. The van der Waals surface area contributed by atoms with E-state index in [1.165, 1.54) is 18.4 Å². The molecule has 2 rings (SSSR count). The molecule has 80 valence electrons. The first-order valence-corrected chi connectivity index (χ1v) is 6.27. The minimum atomic E-state index is 0.765. The van der Waals surface area contributed by atoms with Gasteiger partial charge >= 0.3 is 0 Å². The Labute approximate surface area is 95.2 Å². The van der Waals surface area contributed by atoms with Crippen molar-refractivity contribution < 1.29 is 0 Å². The average Bonchev–Trinajstić information content (AvgIpc) is 3.09. The number of nitrogens with one attached hydrogen (secondary N) is 1. The molecule has 0 aromatic carbocycles. The maximum atomic E-state index is 4.26. The van der Waals surface area contributed by atoms with Crippen molar-refractivity contribution in [3.8, 4) is 0 Å². The normalized spacial score (nSPS) is 15.2. The molecule has 0 amide bonds. The van der Waals surface area contributed by atoms with Crippen LogP contribution in [-0.4, -0.2) is 23.3 Å². The van der Waals surface area contributed by atoms with Gasteiger partial charge in [0.15, 0.2) is 0 Å². The summed E-state index contributed by atoms with van der Waals surface area (Å²) in [6, 6.07) is 6.75. The zero-order chi connectivity index (χ0) is 10.5. The Kier molecular flexibility index (Phi) is 3.80. The number of thioether (sulfide) groups is 1. The van der Waals surface area contributed by atoms with E-state index in [2.05, 4.69) is 16.9 Å². The summed E-state index contributed by atoms with van der Waals surface area (Å²) in [5.74, 6) is 0.955. The zero-order valence-electron chi connectivity index (χ0n) is 8.78. The summed E-state index contributed by atoms with van der Waals surface area (Å²) in [7, 11) is 0. The summed E-state index contributed by atoms with van der Waals surface area (Å²) in [6.07, 6.45) is 4.49. The van der Waals surface area contributed by atoms with Crippen molar-refractivity contribution in [2.45, 2.75) is 23.9 Å². The van der Waals surface area contributed by atoms with Gasteiger partial charge in [0, 0.05) is 24.5 Å². The first-order chi connectivity index (χ1) is 7.34. The van der Waals surface area contributed by atoms with Crippen LogP contribution in [0.5, 0.6) is 0 Å². The molecule has 0 radical (unpaired) electrons. The summed E-state index contributed by atoms with van der Waals surface area (Å²) in [5.41, 5.74) is 1.25. The lowest BCUT2D eigenvalue weighted by Crippen LogP contribution is -2.19. The summed E-state index contributed by atoms with van der Waals surface area (Å²) >= 11 is 1.75. The molecule has 1 aromatic rings. The quantitative estimate of drug-likeness (QED) is 0.589. The van der Waals surface area contributed by atoms with Crippen LogP contribution >= 0.6 is 11.8 Å². The highest BCUT2D eigenvalue weighted by atomic mass is 32.2. The van der Waals surface area contributed by atoms with Gasteiger partial charge < -0.3 is 5.32 Å². The first kappa shape index (κ1) is 10.7. The van der Waals surface area contributed by atoms with Crippen LogP contribution in [0.1, 0.15) is 12.8 Å². The average molecular weight is 220 g/mol. The van der Waals surface area contributed by atoms with Crippen LogP contribution in [0.3, 0.4) is 0 Å². The molecule has 0 spiro atoms. The summed E-state index contributed by atoms with van der Waals surface area (Å²) in [4.78, 5) is 4.26. The summed E-state index contributed by atoms with van der Waals surface area (Å²) in [6.45, 7) is 5.01. The van der Waals surface area contributed by atoms with E-state index in [1.807, 2.05) is 24.4 Å². The lowest BCUT2D eigenvalue weighted by molar-refractivity contribution is 0.736. The Hall–Kier alpha value is -0.800. The Balaban J connectivity index is 1.66. The van der Waals surface area contributed by atoms with E-state index in [0.717, 1.165) is 23.4 Å². The van der Waals surface area contributed by atoms with Crippen molar-refractivity contribution in [2.24, 2.45) is 0 Å². The molecule has 1 heterocycles. The predicted octanol–water partition coefficient (Wildman–Crippen LogP) is 2.48. The molecule has 0 saturated heterocycles. The molecule has 2 nitrogen and oxygen atoms in total. The van der Waals surface area contributed by atoms with Gasteiger partial charge in [-0.2, -0.15) is 0 Å². The Morgan fingerprint density at radius 3 is 3.07 bits per heavy atom. The van der Waals surface area contributed by atoms with Crippen LogP contribution in [0.25, 0.3) is 0 Å². The molecule has 1 aliphatic carbocycles. The fourth-order valence-electron chi connectivity index (χ4n) is 1.24. The molecule has 1 fully saturated rings. The maximum Gasteiger partial charge on any atom is 0.0962 e. The number of nitrogens with zero attached hydrogens (tertiary/aromatic N) is 1. The molecule has 0 atom stereocenters. The molecular weight excluding hydrogens is 204 g/mol. The van der Waals surface area contributed by atoms with Crippen LogP contribution in [-0.2, 0) is 0 Å². The highest BCUT2D eigenvalue weighted by Gasteiger charge is 2.19. The van der Waals surface area contributed by atoms with E-state index in [4.69, 9.17) is 0 Å². The van der Waals surface area contributed by atoms with Crippen LogP contribution < -0.4 is 5.32 Å². The van der Waals surface area contributed by atoms with Crippen LogP contribution in [0.4, 0.5) is 0 Å². The van der Waals surface area contributed by atoms with Crippen LogP contribution in [0, 0.1) is 0 Å². The van der Waals surface area contributed by atoms with Gasteiger partial charge in [0.05, 0.1) is 5.03 Å². The fourth-order valence-corrected chi connectivity index (χ4v) is 2.00. The number of aromatic nitrogens is 1. The van der Waals surface area contributed by atoms with Crippen LogP contribution in [0.15, 0.2) is 41.6 Å². The van der Waals surface area contributed by atoms with Crippen molar-refractivity contribution in [3.63, 3.8) is 0 Å². The Morgan fingerprint density at radius 1 is 1.53 bits per heavy atom. The van der Waals surface area contributed by atoms with Gasteiger partial charge in [-0.25, -0.2) is 4.98 Å². The van der Waals surface area contributed by atoms with Crippen molar-refractivity contribution in [3.05, 3.63) is 36.5 Å². The van der Waals surface area contributed by atoms with Crippen molar-refractivity contribution in [1.29, 1.82) is 0 Å². The van der Waals surface area contributed by atoms with Gasteiger partial charge in [0.1, 0.15) is 0 Å². The van der Waals surface area contributed by atoms with Gasteiger partial charge in [-0.15, -0.1) is 11.8 Å². The number of rotatable bonds is 6. The highest BCUT2D eigenvalue weighted by molar-refractivity contribution is 7.99. The Morgan fingerprint density at radius 2 is 2.40 bits per heavy atom. The third-order valence-corrected chi connectivity index (χ3v) is 3.37. The van der Waals surface area contributed by atoms with E-state index in [9.17, 15) is 0 Å². The lowest BCUT2D eigenvalue weighted by atomic mass is 10.3. The van der Waals surface area contributed by atoms with Gasteiger partial charge in [-0.3, -0.25) is 0 Å². The number of pyridine rings is 1. The van der Waals surface area contributed by atoms with Gasteiger partial charge in [-0.1, -0.05) is 18.2 Å². The van der Waals surface area contributed by atoms with Crippen molar-refractivity contribution in [1.82, 2.24) is 10.3 Å². The van der Waals surface area contributed by atoms with E-state index in [0.29, 0.717) is 0 Å². The van der Waals surface area contributed by atoms with E-state index >= 15 is 0 Å².